The van der Waals surface area contributed by atoms with Gasteiger partial charge in [-0.15, -0.1) is 0 Å². The molecule has 3 heterocycles. The third-order valence-corrected chi connectivity index (χ3v) is 10.00. The zero-order chi connectivity index (χ0) is 32.8. The summed E-state index contributed by atoms with van der Waals surface area (Å²) >= 11 is 6.54. The molecule has 1 fully saturated rings. The number of benzene rings is 3. The van der Waals surface area contributed by atoms with E-state index in [4.69, 9.17) is 21.3 Å². The molecule has 1 amide bonds. The molecule has 11 nitrogen and oxygen atoms in total. The lowest BCUT2D eigenvalue weighted by Crippen LogP contribution is -2.49. The minimum Gasteiger partial charge on any atom is -0.444 e. The number of ether oxygens (including phenoxy) is 1. The summed E-state index contributed by atoms with van der Waals surface area (Å²) in [5.74, 6) is 0.426. The summed E-state index contributed by atoms with van der Waals surface area (Å²) in [5, 5.41) is 4.70. The van der Waals surface area contributed by atoms with E-state index in [0.29, 0.717) is 24.1 Å². The maximum absolute atomic E-state index is 14.0. The average Bonchev–Trinajstić information content (AvgIpc) is 3.37. The number of sulfone groups is 1. The van der Waals surface area contributed by atoms with Crippen molar-refractivity contribution in [3.05, 3.63) is 87.7 Å². The Morgan fingerprint density at radius 1 is 1.04 bits per heavy atom. The van der Waals surface area contributed by atoms with E-state index in [1.54, 1.807) is 43.5 Å². The van der Waals surface area contributed by atoms with Crippen molar-refractivity contribution in [3.8, 4) is 0 Å². The molecule has 46 heavy (non-hydrogen) atoms. The van der Waals surface area contributed by atoms with Gasteiger partial charge in [-0.05, 0) is 68.1 Å². The second kappa shape index (κ2) is 12.1. The summed E-state index contributed by atoms with van der Waals surface area (Å²) in [7, 11) is -2.80. The standard InChI is InChI=1S/C33H35ClN6O5S/c1-33(2,3)45-32(42)35-24-13-9-17-39(20-24)30-36-28-27(40(30)19-23-12-7-8-14-26(23)34)29(41)38(4)31(37-28)46(43,44)25-16-15-21-10-5-6-11-22(21)18-25/h5-8,10-12,14-16,18,24H,9,13,17,19-20H2,1-4H3,(H,35,42)/t24-/m1/s1. The number of nitrogens with one attached hydrogen (secondary N) is 1. The van der Waals surface area contributed by atoms with Crippen molar-refractivity contribution < 1.29 is 17.9 Å². The molecular weight excluding hydrogens is 628 g/mol. The van der Waals surface area contributed by atoms with Gasteiger partial charge in [-0.2, -0.15) is 9.97 Å². The van der Waals surface area contributed by atoms with Crippen LogP contribution in [0.1, 0.15) is 39.2 Å². The fourth-order valence-electron chi connectivity index (χ4n) is 5.75. The molecule has 3 aromatic carbocycles. The third kappa shape index (κ3) is 6.19. The van der Waals surface area contributed by atoms with Crippen LogP contribution in [0.15, 0.2) is 81.6 Å². The summed E-state index contributed by atoms with van der Waals surface area (Å²) in [6.07, 6.45) is 0.959. The third-order valence-electron chi connectivity index (χ3n) is 7.91. The maximum atomic E-state index is 14.0. The van der Waals surface area contributed by atoms with Crippen molar-refractivity contribution in [2.24, 2.45) is 7.05 Å². The van der Waals surface area contributed by atoms with Gasteiger partial charge in [0.2, 0.25) is 20.9 Å². The van der Waals surface area contributed by atoms with Gasteiger partial charge in [0, 0.05) is 31.2 Å². The molecule has 1 N–H and O–H groups in total. The number of anilines is 1. The van der Waals surface area contributed by atoms with E-state index in [2.05, 4.69) is 10.3 Å². The Balaban J connectivity index is 1.45. The van der Waals surface area contributed by atoms with Crippen molar-refractivity contribution in [1.29, 1.82) is 0 Å². The highest BCUT2D eigenvalue weighted by Crippen LogP contribution is 2.29. The Morgan fingerprint density at radius 3 is 2.50 bits per heavy atom. The van der Waals surface area contributed by atoms with Gasteiger partial charge in [0.15, 0.2) is 11.2 Å². The maximum Gasteiger partial charge on any atom is 0.407 e. The number of alkyl carbamates (subject to hydrolysis) is 1. The van der Waals surface area contributed by atoms with E-state index in [1.165, 1.54) is 13.1 Å². The normalized spacial score (nSPS) is 15.8. The molecule has 13 heteroatoms. The average molecular weight is 663 g/mol. The largest absolute Gasteiger partial charge is 0.444 e. The smallest absolute Gasteiger partial charge is 0.407 e. The molecule has 1 atom stereocenters. The van der Waals surface area contributed by atoms with Crippen LogP contribution in [0.3, 0.4) is 0 Å². The molecule has 240 valence electrons. The fourth-order valence-corrected chi connectivity index (χ4v) is 7.33. The first kappa shape index (κ1) is 31.6. The molecule has 1 aliphatic rings. The molecule has 1 aliphatic heterocycles. The number of nitrogens with zero attached hydrogens (tertiary/aromatic N) is 5. The van der Waals surface area contributed by atoms with Crippen LogP contribution in [0, 0.1) is 0 Å². The summed E-state index contributed by atoms with van der Waals surface area (Å²) in [6.45, 7) is 6.60. The van der Waals surface area contributed by atoms with E-state index in [1.807, 2.05) is 47.4 Å². The molecule has 0 bridgehead atoms. The van der Waals surface area contributed by atoms with E-state index in [-0.39, 0.29) is 28.6 Å². The highest BCUT2D eigenvalue weighted by Gasteiger charge is 2.31. The number of imidazole rings is 1. The van der Waals surface area contributed by atoms with Crippen LogP contribution in [-0.4, -0.2) is 58.3 Å². The zero-order valence-electron chi connectivity index (χ0n) is 26.0. The molecule has 0 radical (unpaired) electrons. The van der Waals surface area contributed by atoms with Crippen molar-refractivity contribution in [2.75, 3.05) is 18.0 Å². The monoisotopic (exact) mass is 662 g/mol. The van der Waals surface area contributed by atoms with E-state index >= 15 is 0 Å². The van der Waals surface area contributed by atoms with Gasteiger partial charge in [0.1, 0.15) is 5.60 Å². The van der Waals surface area contributed by atoms with Crippen LogP contribution < -0.4 is 15.8 Å². The van der Waals surface area contributed by atoms with Crippen molar-refractivity contribution in [3.63, 3.8) is 0 Å². The minimum absolute atomic E-state index is 0.00624. The van der Waals surface area contributed by atoms with Crippen molar-refractivity contribution in [2.45, 2.75) is 61.9 Å². The lowest BCUT2D eigenvalue weighted by molar-refractivity contribution is 0.0499. The van der Waals surface area contributed by atoms with Gasteiger partial charge in [0.05, 0.1) is 11.4 Å². The molecule has 5 aromatic rings. The predicted molar refractivity (Wildman–Crippen MR) is 177 cm³/mol. The molecule has 0 unspecified atom stereocenters. The predicted octanol–water partition coefficient (Wildman–Crippen LogP) is 5.31. The van der Waals surface area contributed by atoms with Crippen molar-refractivity contribution in [1.82, 2.24) is 24.4 Å². The number of carbonyl (C=O) groups excluding carboxylic acids is 1. The molecule has 2 aromatic heterocycles. The van der Waals surface area contributed by atoms with Gasteiger partial charge in [-0.25, -0.2) is 13.2 Å². The topological polar surface area (TPSA) is 128 Å². The van der Waals surface area contributed by atoms with Gasteiger partial charge < -0.3 is 15.0 Å². The van der Waals surface area contributed by atoms with Gasteiger partial charge in [-0.3, -0.25) is 13.9 Å². The Labute approximate surface area is 271 Å². The number of piperidine rings is 1. The highest BCUT2D eigenvalue weighted by molar-refractivity contribution is 7.91. The Bertz CT molecular complexity index is 2140. The molecule has 6 rings (SSSR count). The number of hydrogen-bond acceptors (Lipinski definition) is 8. The van der Waals surface area contributed by atoms with Crippen molar-refractivity contribution >= 4 is 55.4 Å². The number of aromatic nitrogens is 4. The Hall–Kier alpha value is -4.42. The first-order valence-corrected chi connectivity index (χ1v) is 16.9. The van der Waals surface area contributed by atoms with Crippen LogP contribution in [0.2, 0.25) is 5.02 Å². The highest BCUT2D eigenvalue weighted by atomic mass is 35.5. The fraction of sp³-hybridized carbons (Fsp3) is 0.333. The first-order chi connectivity index (χ1) is 21.8. The second-order valence-corrected chi connectivity index (χ2v) is 14.7. The lowest BCUT2D eigenvalue weighted by Gasteiger charge is -2.34. The van der Waals surface area contributed by atoms with E-state index in [9.17, 15) is 18.0 Å². The lowest BCUT2D eigenvalue weighted by atomic mass is 10.1. The number of amides is 1. The number of halogens is 1. The van der Waals surface area contributed by atoms with Gasteiger partial charge in [-0.1, -0.05) is 60.1 Å². The number of fused-ring (bicyclic) bond motifs is 2. The number of carbonyl (C=O) groups is 1. The summed E-state index contributed by atoms with van der Waals surface area (Å²) in [5.41, 5.74) is -0.294. The Morgan fingerprint density at radius 2 is 1.76 bits per heavy atom. The van der Waals surface area contributed by atoms with Crippen LogP contribution in [0.4, 0.5) is 10.7 Å². The van der Waals surface area contributed by atoms with E-state index < -0.39 is 32.2 Å². The molecule has 0 aliphatic carbocycles. The minimum atomic E-state index is -4.20. The zero-order valence-corrected chi connectivity index (χ0v) is 27.6. The number of rotatable bonds is 6. The van der Waals surface area contributed by atoms with Crippen LogP contribution >= 0.6 is 11.6 Å². The second-order valence-electron chi connectivity index (χ2n) is 12.5. The molecule has 0 saturated carbocycles. The Kier molecular flexibility index (Phi) is 8.28. The van der Waals surface area contributed by atoms with Crippen LogP contribution in [-0.2, 0) is 28.2 Å². The number of hydrogen-bond donors (Lipinski definition) is 1. The SMILES string of the molecule is Cn1c(S(=O)(=O)c2ccc3ccccc3c2)nc2nc(N3CCC[C@@H](NC(=O)OC(C)(C)C)C3)n(Cc3ccccc3Cl)c2c1=O. The van der Waals surface area contributed by atoms with Gasteiger partial charge in [0.25, 0.3) is 5.56 Å². The van der Waals surface area contributed by atoms with Gasteiger partial charge >= 0.3 is 6.09 Å². The summed E-state index contributed by atoms with van der Waals surface area (Å²) < 4.78 is 36.1. The quantitative estimate of drug-likeness (QED) is 0.242. The van der Waals surface area contributed by atoms with Crippen LogP contribution in [0.25, 0.3) is 21.9 Å². The summed E-state index contributed by atoms with van der Waals surface area (Å²) in [6, 6.07) is 19.3. The molecule has 0 spiro atoms. The van der Waals surface area contributed by atoms with E-state index in [0.717, 1.165) is 33.7 Å². The first-order valence-electron chi connectivity index (χ1n) is 15.0. The van der Waals surface area contributed by atoms with Crippen LogP contribution in [0.5, 0.6) is 0 Å². The molecule has 1 saturated heterocycles. The molecular formula is C33H35ClN6O5S. The summed E-state index contributed by atoms with van der Waals surface area (Å²) in [4.78, 5) is 37.9.